The largest absolute Gasteiger partial charge is 0.497 e. The quantitative estimate of drug-likeness (QED) is 0.335. The average Bonchev–Trinajstić information content (AvgIpc) is 2.69. The van der Waals surface area contributed by atoms with Gasteiger partial charge in [0.25, 0.3) is 5.69 Å². The van der Waals surface area contributed by atoms with Crippen LogP contribution in [0.15, 0.2) is 71.7 Å². The van der Waals surface area contributed by atoms with Gasteiger partial charge < -0.3 is 10.1 Å². The Labute approximate surface area is 161 Å². The van der Waals surface area contributed by atoms with Crippen LogP contribution < -0.4 is 10.1 Å². The predicted octanol–water partition coefficient (Wildman–Crippen LogP) is 5.75. The zero-order chi connectivity index (χ0) is 19.2. The first-order valence-electron chi connectivity index (χ1n) is 8.04. The molecule has 0 fully saturated rings. The summed E-state index contributed by atoms with van der Waals surface area (Å²) in [6, 6.07) is 19.7. The van der Waals surface area contributed by atoms with Crippen LogP contribution in [0, 0.1) is 10.1 Å². The summed E-state index contributed by atoms with van der Waals surface area (Å²) in [4.78, 5) is 14.8. The summed E-state index contributed by atoms with van der Waals surface area (Å²) in [5.41, 5.74) is 3.06. The Morgan fingerprint density at radius 3 is 2.26 bits per heavy atom. The smallest absolute Gasteiger partial charge is 0.288 e. The van der Waals surface area contributed by atoms with Crippen LogP contribution in [-0.2, 0) is 0 Å². The molecule has 0 radical (unpaired) electrons. The van der Waals surface area contributed by atoms with Gasteiger partial charge in [0.1, 0.15) is 10.8 Å². The fourth-order valence-electron chi connectivity index (χ4n) is 2.37. The van der Waals surface area contributed by atoms with Gasteiger partial charge in [-0.2, -0.15) is 0 Å². The number of hydrogen-bond acceptors (Lipinski definition) is 5. The van der Waals surface area contributed by atoms with Crippen molar-refractivity contribution in [2.75, 3.05) is 12.4 Å². The van der Waals surface area contributed by atoms with E-state index in [9.17, 15) is 10.1 Å². The molecule has 0 unspecified atom stereocenters. The monoisotopic (exact) mass is 381 g/mol. The summed E-state index contributed by atoms with van der Waals surface area (Å²) in [6.07, 6.45) is 1.56. The summed E-state index contributed by atoms with van der Waals surface area (Å²) in [7, 11) is 1.63. The molecule has 27 heavy (non-hydrogen) atoms. The molecule has 0 aliphatic heterocycles. The highest BCUT2D eigenvalue weighted by molar-refractivity contribution is 6.32. The van der Waals surface area contributed by atoms with Crippen LogP contribution in [0.5, 0.6) is 5.75 Å². The van der Waals surface area contributed by atoms with E-state index >= 15 is 0 Å². The summed E-state index contributed by atoms with van der Waals surface area (Å²) >= 11 is 5.81. The lowest BCUT2D eigenvalue weighted by molar-refractivity contribution is -0.384. The Morgan fingerprint density at radius 2 is 1.67 bits per heavy atom. The van der Waals surface area contributed by atoms with Gasteiger partial charge in [-0.1, -0.05) is 17.7 Å². The van der Waals surface area contributed by atoms with Crippen LogP contribution in [0.3, 0.4) is 0 Å². The maximum atomic E-state index is 10.9. The number of ether oxygens (including phenoxy) is 1. The molecule has 0 spiro atoms. The highest BCUT2D eigenvalue weighted by Gasteiger charge is 2.11. The van der Waals surface area contributed by atoms with E-state index in [4.69, 9.17) is 16.3 Å². The molecule has 0 aromatic heterocycles. The first-order valence-corrected chi connectivity index (χ1v) is 8.42. The standard InChI is InChI=1S/C20H16ClN3O3/c1-27-18-9-7-17(8-10-18)23-16-5-3-15(4-6-16)22-13-14-2-11-19(21)20(12-14)24(25)26/h2-13,23H,1H3. The van der Waals surface area contributed by atoms with Crippen molar-refractivity contribution >= 4 is 40.6 Å². The molecule has 0 bridgehead atoms. The molecular weight excluding hydrogens is 366 g/mol. The molecule has 136 valence electrons. The molecule has 7 heteroatoms. The Balaban J connectivity index is 1.69. The van der Waals surface area contributed by atoms with E-state index in [1.807, 2.05) is 48.5 Å². The first-order chi connectivity index (χ1) is 13.0. The summed E-state index contributed by atoms with van der Waals surface area (Å²) < 4.78 is 5.14. The van der Waals surface area contributed by atoms with Gasteiger partial charge in [0.15, 0.2) is 0 Å². The maximum Gasteiger partial charge on any atom is 0.288 e. The van der Waals surface area contributed by atoms with Gasteiger partial charge in [-0.25, -0.2) is 0 Å². The zero-order valence-corrected chi connectivity index (χ0v) is 15.2. The third-order valence-electron chi connectivity index (χ3n) is 3.78. The van der Waals surface area contributed by atoms with Gasteiger partial charge >= 0.3 is 0 Å². The van der Waals surface area contributed by atoms with Gasteiger partial charge in [0.2, 0.25) is 0 Å². The van der Waals surface area contributed by atoms with Crippen molar-refractivity contribution in [1.82, 2.24) is 0 Å². The van der Waals surface area contributed by atoms with Gasteiger partial charge in [-0.05, 0) is 60.2 Å². The number of rotatable bonds is 6. The molecule has 6 nitrogen and oxygen atoms in total. The van der Waals surface area contributed by atoms with Crippen LogP contribution in [0.25, 0.3) is 0 Å². The van der Waals surface area contributed by atoms with Crippen LogP contribution in [-0.4, -0.2) is 18.2 Å². The molecule has 0 saturated carbocycles. The van der Waals surface area contributed by atoms with Crippen molar-refractivity contribution in [3.63, 3.8) is 0 Å². The Hall–Kier alpha value is -3.38. The second-order valence-electron chi connectivity index (χ2n) is 5.63. The molecule has 1 N–H and O–H groups in total. The maximum absolute atomic E-state index is 10.9. The minimum Gasteiger partial charge on any atom is -0.497 e. The van der Waals surface area contributed by atoms with Crippen molar-refractivity contribution in [3.8, 4) is 5.75 Å². The predicted molar refractivity (Wildman–Crippen MR) is 108 cm³/mol. The van der Waals surface area contributed by atoms with Crippen molar-refractivity contribution in [3.05, 3.63) is 87.4 Å². The normalized spacial score (nSPS) is 10.7. The molecule has 0 aliphatic rings. The lowest BCUT2D eigenvalue weighted by Crippen LogP contribution is -1.91. The van der Waals surface area contributed by atoms with Crippen LogP contribution in [0.4, 0.5) is 22.7 Å². The third kappa shape index (κ3) is 4.83. The van der Waals surface area contributed by atoms with E-state index in [0.29, 0.717) is 5.56 Å². The van der Waals surface area contributed by atoms with Gasteiger partial charge in [-0.3, -0.25) is 15.1 Å². The minimum atomic E-state index is -0.515. The number of methoxy groups -OCH3 is 1. The summed E-state index contributed by atoms with van der Waals surface area (Å²) in [5, 5.41) is 14.3. The second kappa shape index (κ2) is 8.33. The number of nitrogens with one attached hydrogen (secondary N) is 1. The number of aliphatic imine (C=N–C) groups is 1. The number of anilines is 2. The lowest BCUT2D eigenvalue weighted by atomic mass is 10.2. The number of nitro benzene ring substituents is 1. The zero-order valence-electron chi connectivity index (χ0n) is 14.4. The molecule has 0 amide bonds. The minimum absolute atomic E-state index is 0.103. The van der Waals surface area contributed by atoms with Crippen LogP contribution in [0.1, 0.15) is 5.56 Å². The number of benzene rings is 3. The van der Waals surface area contributed by atoms with Gasteiger partial charge in [-0.15, -0.1) is 0 Å². The first kappa shape index (κ1) is 18.4. The average molecular weight is 382 g/mol. The topological polar surface area (TPSA) is 76.8 Å². The Morgan fingerprint density at radius 1 is 1.04 bits per heavy atom. The number of nitro groups is 1. The van der Waals surface area contributed by atoms with Crippen molar-refractivity contribution < 1.29 is 9.66 Å². The van der Waals surface area contributed by atoms with Crippen molar-refractivity contribution in [1.29, 1.82) is 0 Å². The van der Waals surface area contributed by atoms with Gasteiger partial charge in [0, 0.05) is 23.7 Å². The van der Waals surface area contributed by atoms with E-state index in [1.165, 1.54) is 12.1 Å². The number of nitrogens with zero attached hydrogens (tertiary/aromatic N) is 2. The number of hydrogen-bond donors (Lipinski definition) is 1. The van der Waals surface area contributed by atoms with E-state index in [0.717, 1.165) is 22.8 Å². The molecule has 0 aliphatic carbocycles. The molecule has 3 aromatic carbocycles. The highest BCUT2D eigenvalue weighted by atomic mass is 35.5. The summed E-state index contributed by atoms with van der Waals surface area (Å²) in [5.74, 6) is 0.799. The van der Waals surface area contributed by atoms with E-state index in [1.54, 1.807) is 19.4 Å². The molecule has 0 heterocycles. The third-order valence-corrected chi connectivity index (χ3v) is 4.10. The Bertz CT molecular complexity index is 971. The van der Waals surface area contributed by atoms with Crippen LogP contribution in [0.2, 0.25) is 5.02 Å². The van der Waals surface area contributed by atoms with E-state index in [2.05, 4.69) is 10.3 Å². The molecule has 3 rings (SSSR count). The lowest BCUT2D eigenvalue weighted by Gasteiger charge is -2.07. The second-order valence-corrected chi connectivity index (χ2v) is 6.03. The van der Waals surface area contributed by atoms with Crippen molar-refractivity contribution in [2.45, 2.75) is 0 Å². The molecule has 0 saturated heterocycles. The molecule has 3 aromatic rings. The van der Waals surface area contributed by atoms with Crippen molar-refractivity contribution in [2.24, 2.45) is 4.99 Å². The highest BCUT2D eigenvalue weighted by Crippen LogP contribution is 2.25. The molecular formula is C20H16ClN3O3. The number of halogens is 1. The van der Waals surface area contributed by atoms with E-state index in [-0.39, 0.29) is 10.7 Å². The summed E-state index contributed by atoms with van der Waals surface area (Å²) in [6.45, 7) is 0. The fraction of sp³-hybridized carbons (Fsp3) is 0.0500. The fourth-order valence-corrected chi connectivity index (χ4v) is 2.56. The van der Waals surface area contributed by atoms with E-state index < -0.39 is 4.92 Å². The molecule has 0 atom stereocenters. The van der Waals surface area contributed by atoms with Gasteiger partial charge in [0.05, 0.1) is 17.7 Å². The Kier molecular flexibility index (Phi) is 5.68. The van der Waals surface area contributed by atoms with Crippen LogP contribution >= 0.6 is 11.6 Å². The SMILES string of the molecule is COc1ccc(Nc2ccc(N=Cc3ccc(Cl)c([N+](=O)[O-])c3)cc2)cc1.